The average Bonchev–Trinajstić information content (AvgIpc) is 2.42. The molecule has 0 atom stereocenters. The number of hydrogen-bond acceptors (Lipinski definition) is 2. The number of amides is 1. The van der Waals surface area contributed by atoms with Gasteiger partial charge in [0.1, 0.15) is 0 Å². The molecule has 0 spiro atoms. The highest BCUT2D eigenvalue weighted by molar-refractivity contribution is 9.10. The molecule has 1 aliphatic rings. The Morgan fingerprint density at radius 3 is 2.94 bits per heavy atom. The van der Waals surface area contributed by atoms with Gasteiger partial charge < -0.3 is 9.64 Å². The SMILES string of the molecule is CCCc1cc(Br)c2c(c1)N(C)C(=O)CCO2. The third-order valence-corrected chi connectivity index (χ3v) is 3.51. The maximum absolute atomic E-state index is 11.8. The lowest BCUT2D eigenvalue weighted by Crippen LogP contribution is -2.25. The minimum Gasteiger partial charge on any atom is -0.490 e. The summed E-state index contributed by atoms with van der Waals surface area (Å²) in [5.74, 6) is 0.877. The average molecular weight is 298 g/mol. The number of rotatable bonds is 2. The van der Waals surface area contributed by atoms with E-state index in [1.165, 1.54) is 5.56 Å². The van der Waals surface area contributed by atoms with Gasteiger partial charge in [-0.3, -0.25) is 4.79 Å². The maximum Gasteiger partial charge on any atom is 0.230 e. The molecule has 0 N–H and O–H groups in total. The molecule has 0 aromatic heterocycles. The van der Waals surface area contributed by atoms with Crippen molar-refractivity contribution in [3.05, 3.63) is 22.2 Å². The van der Waals surface area contributed by atoms with Crippen molar-refractivity contribution in [1.82, 2.24) is 0 Å². The molecule has 0 bridgehead atoms. The molecule has 0 aliphatic carbocycles. The number of aryl methyl sites for hydroxylation is 1. The van der Waals surface area contributed by atoms with E-state index in [1.54, 1.807) is 11.9 Å². The van der Waals surface area contributed by atoms with Gasteiger partial charge in [-0.1, -0.05) is 13.3 Å². The summed E-state index contributed by atoms with van der Waals surface area (Å²) in [5.41, 5.74) is 2.09. The lowest BCUT2D eigenvalue weighted by atomic mass is 10.1. The van der Waals surface area contributed by atoms with Crippen molar-refractivity contribution in [2.75, 3.05) is 18.6 Å². The zero-order chi connectivity index (χ0) is 12.4. The number of benzene rings is 1. The normalized spacial score (nSPS) is 15.2. The van der Waals surface area contributed by atoms with E-state index in [4.69, 9.17) is 4.74 Å². The van der Waals surface area contributed by atoms with Gasteiger partial charge >= 0.3 is 0 Å². The number of carbonyl (C=O) groups excluding carboxylic acids is 1. The van der Waals surface area contributed by atoms with Crippen molar-refractivity contribution in [3.8, 4) is 5.75 Å². The van der Waals surface area contributed by atoms with E-state index in [1.807, 2.05) is 6.07 Å². The minimum atomic E-state index is 0.101. The van der Waals surface area contributed by atoms with E-state index in [2.05, 4.69) is 28.9 Å². The van der Waals surface area contributed by atoms with Crippen LogP contribution in [-0.2, 0) is 11.2 Å². The highest BCUT2D eigenvalue weighted by Crippen LogP contribution is 2.38. The molecule has 1 aromatic rings. The lowest BCUT2D eigenvalue weighted by Gasteiger charge is -2.18. The second-order valence-corrected chi connectivity index (χ2v) is 5.08. The number of ether oxygens (including phenoxy) is 1. The van der Waals surface area contributed by atoms with Crippen LogP contribution in [0.25, 0.3) is 0 Å². The van der Waals surface area contributed by atoms with Crippen LogP contribution < -0.4 is 9.64 Å². The summed E-state index contributed by atoms with van der Waals surface area (Å²) >= 11 is 3.52. The molecule has 1 amide bonds. The molecule has 3 nitrogen and oxygen atoms in total. The van der Waals surface area contributed by atoms with Crippen molar-refractivity contribution in [3.63, 3.8) is 0 Å². The predicted molar refractivity (Wildman–Crippen MR) is 71.7 cm³/mol. The largest absolute Gasteiger partial charge is 0.490 e. The van der Waals surface area contributed by atoms with Crippen LogP contribution >= 0.6 is 15.9 Å². The quantitative estimate of drug-likeness (QED) is 0.839. The van der Waals surface area contributed by atoms with Crippen molar-refractivity contribution >= 4 is 27.5 Å². The number of fused-ring (bicyclic) bond motifs is 1. The van der Waals surface area contributed by atoms with Gasteiger partial charge in [-0.25, -0.2) is 0 Å². The first kappa shape index (κ1) is 12.4. The van der Waals surface area contributed by atoms with Gasteiger partial charge in [0.05, 0.1) is 23.2 Å². The molecule has 4 heteroatoms. The third-order valence-electron chi connectivity index (χ3n) is 2.92. The smallest absolute Gasteiger partial charge is 0.230 e. The Labute approximate surface area is 110 Å². The van der Waals surface area contributed by atoms with Crippen molar-refractivity contribution in [1.29, 1.82) is 0 Å². The van der Waals surface area contributed by atoms with Crippen LogP contribution in [0.15, 0.2) is 16.6 Å². The number of halogens is 1. The van der Waals surface area contributed by atoms with E-state index < -0.39 is 0 Å². The fraction of sp³-hybridized carbons (Fsp3) is 0.462. The van der Waals surface area contributed by atoms with E-state index >= 15 is 0 Å². The van der Waals surface area contributed by atoms with Gasteiger partial charge in [-0.15, -0.1) is 0 Å². The number of carbonyl (C=O) groups is 1. The van der Waals surface area contributed by atoms with Crippen LogP contribution in [0.2, 0.25) is 0 Å². The first-order valence-corrected chi connectivity index (χ1v) is 6.64. The molecule has 0 radical (unpaired) electrons. The minimum absolute atomic E-state index is 0.101. The van der Waals surface area contributed by atoms with Crippen LogP contribution in [0.3, 0.4) is 0 Å². The van der Waals surface area contributed by atoms with Gasteiger partial charge in [-0.2, -0.15) is 0 Å². The number of hydrogen-bond donors (Lipinski definition) is 0. The topological polar surface area (TPSA) is 29.5 Å². The van der Waals surface area contributed by atoms with E-state index in [9.17, 15) is 4.79 Å². The molecule has 2 rings (SSSR count). The van der Waals surface area contributed by atoms with Crippen molar-refractivity contribution < 1.29 is 9.53 Å². The summed E-state index contributed by atoms with van der Waals surface area (Å²) in [4.78, 5) is 13.5. The van der Waals surface area contributed by atoms with Crippen LogP contribution in [0.5, 0.6) is 5.75 Å². The molecule has 0 fully saturated rings. The first-order valence-electron chi connectivity index (χ1n) is 5.85. The summed E-state index contributed by atoms with van der Waals surface area (Å²) in [6.07, 6.45) is 2.53. The van der Waals surface area contributed by atoms with Crippen LogP contribution in [0, 0.1) is 0 Å². The Balaban J connectivity index is 2.48. The predicted octanol–water partition coefficient (Wildman–Crippen LogP) is 3.15. The summed E-state index contributed by atoms with van der Waals surface area (Å²) in [6.45, 7) is 2.59. The second-order valence-electron chi connectivity index (χ2n) is 4.23. The Hall–Kier alpha value is -1.03. The van der Waals surface area contributed by atoms with Crippen LogP contribution in [0.4, 0.5) is 5.69 Å². The summed E-state index contributed by atoms with van der Waals surface area (Å²) in [5, 5.41) is 0. The first-order chi connectivity index (χ1) is 8.13. The summed E-state index contributed by atoms with van der Waals surface area (Å²) in [7, 11) is 1.80. The summed E-state index contributed by atoms with van der Waals surface area (Å²) in [6, 6.07) is 4.12. The molecule has 1 aliphatic heterocycles. The fourth-order valence-corrected chi connectivity index (χ4v) is 2.61. The van der Waals surface area contributed by atoms with Gasteiger partial charge in [-0.05, 0) is 40.0 Å². The Kier molecular flexibility index (Phi) is 3.72. The van der Waals surface area contributed by atoms with Crippen molar-refractivity contribution in [2.24, 2.45) is 0 Å². The second kappa shape index (κ2) is 5.08. The highest BCUT2D eigenvalue weighted by atomic mass is 79.9. The maximum atomic E-state index is 11.8. The van der Waals surface area contributed by atoms with E-state index in [-0.39, 0.29) is 5.91 Å². The lowest BCUT2D eigenvalue weighted by molar-refractivity contribution is -0.118. The monoisotopic (exact) mass is 297 g/mol. The Bertz CT molecular complexity index is 445. The molecular formula is C13H16BrNO2. The standard InChI is InChI=1S/C13H16BrNO2/c1-3-4-9-7-10(14)13-11(8-9)15(2)12(16)5-6-17-13/h7-8H,3-6H2,1-2H3. The van der Waals surface area contributed by atoms with Crippen molar-refractivity contribution in [2.45, 2.75) is 26.2 Å². The van der Waals surface area contributed by atoms with Gasteiger partial charge in [0.15, 0.2) is 5.75 Å². The zero-order valence-corrected chi connectivity index (χ0v) is 11.7. The van der Waals surface area contributed by atoms with Gasteiger partial charge in [0.2, 0.25) is 5.91 Å². The molecule has 1 heterocycles. The number of nitrogens with zero attached hydrogens (tertiary/aromatic N) is 1. The molecule has 0 saturated carbocycles. The molecule has 0 saturated heterocycles. The summed E-state index contributed by atoms with van der Waals surface area (Å²) < 4.78 is 6.57. The van der Waals surface area contributed by atoms with E-state index in [0.717, 1.165) is 28.8 Å². The fourth-order valence-electron chi connectivity index (χ4n) is 2.00. The third kappa shape index (κ3) is 2.46. The molecule has 92 valence electrons. The Morgan fingerprint density at radius 2 is 2.24 bits per heavy atom. The van der Waals surface area contributed by atoms with Gasteiger partial charge in [0.25, 0.3) is 0 Å². The zero-order valence-electron chi connectivity index (χ0n) is 10.1. The van der Waals surface area contributed by atoms with E-state index in [0.29, 0.717) is 13.0 Å². The Morgan fingerprint density at radius 1 is 1.47 bits per heavy atom. The van der Waals surface area contributed by atoms with Crippen LogP contribution in [0.1, 0.15) is 25.3 Å². The van der Waals surface area contributed by atoms with Crippen LogP contribution in [-0.4, -0.2) is 19.6 Å². The molecule has 17 heavy (non-hydrogen) atoms. The number of anilines is 1. The molecule has 0 unspecified atom stereocenters. The molecular weight excluding hydrogens is 282 g/mol. The molecule has 1 aromatic carbocycles. The van der Waals surface area contributed by atoms with Gasteiger partial charge in [0, 0.05) is 7.05 Å². The highest BCUT2D eigenvalue weighted by Gasteiger charge is 2.22.